The van der Waals surface area contributed by atoms with Crippen LogP contribution in [-0.2, 0) is 16.3 Å². The Morgan fingerprint density at radius 1 is 1.10 bits per heavy atom. The van der Waals surface area contributed by atoms with Crippen LogP contribution in [0.1, 0.15) is 17.0 Å². The lowest BCUT2D eigenvalue weighted by atomic mass is 10.1. The van der Waals surface area contributed by atoms with Gasteiger partial charge in [-0.25, -0.2) is 4.98 Å². The Labute approximate surface area is 174 Å². The Balaban J connectivity index is 2.26. The zero-order valence-electron chi connectivity index (χ0n) is 15.5. The van der Waals surface area contributed by atoms with Crippen molar-refractivity contribution in [3.8, 4) is 16.9 Å². The first-order chi connectivity index (χ1) is 13.8. The minimum Gasteiger partial charge on any atom is -0.282 e. The summed E-state index contributed by atoms with van der Waals surface area (Å²) in [6.45, 7) is 3.04. The molecule has 1 N–H and O–H groups in total. The van der Waals surface area contributed by atoms with E-state index in [1.165, 1.54) is 31.2 Å². The molecule has 0 spiro atoms. The van der Waals surface area contributed by atoms with Crippen LogP contribution >= 0.6 is 11.6 Å². The third kappa shape index (κ3) is 4.11. The Morgan fingerprint density at radius 3 is 2.33 bits per heavy atom. The predicted molar refractivity (Wildman–Crippen MR) is 105 cm³/mol. The van der Waals surface area contributed by atoms with Crippen molar-refractivity contribution in [2.45, 2.75) is 24.9 Å². The van der Waals surface area contributed by atoms with E-state index >= 15 is 0 Å². The second-order valence-electron chi connectivity index (χ2n) is 6.47. The highest BCUT2D eigenvalue weighted by molar-refractivity contribution is 7.86. The summed E-state index contributed by atoms with van der Waals surface area (Å²) in [7, 11) is -4.61. The Hall–Kier alpha value is -2.69. The van der Waals surface area contributed by atoms with Crippen molar-refractivity contribution in [3.63, 3.8) is 0 Å². The van der Waals surface area contributed by atoms with Crippen molar-refractivity contribution < 1.29 is 26.1 Å². The van der Waals surface area contributed by atoms with Gasteiger partial charge in [-0.15, -0.1) is 0 Å². The standard InChI is InChI=1S/C19H14ClF3N2O4S/c1-10-6-7-16(30(27,28)29)12(8-10)14-9-17(26)25(11(2)24-14)15-5-3-4-13(18(15)20)19(21,22)23/h3-9H,1-2H3,(H,27,28,29). The third-order valence-electron chi connectivity index (χ3n) is 4.30. The fourth-order valence-corrected chi connectivity index (χ4v) is 4.01. The van der Waals surface area contributed by atoms with Crippen molar-refractivity contribution >= 4 is 21.7 Å². The Bertz CT molecular complexity index is 1320. The molecule has 2 aromatic carbocycles. The zero-order chi connectivity index (χ0) is 22.4. The van der Waals surface area contributed by atoms with Crippen LogP contribution in [0.5, 0.6) is 0 Å². The van der Waals surface area contributed by atoms with Crippen LogP contribution in [0.2, 0.25) is 5.02 Å². The van der Waals surface area contributed by atoms with E-state index in [1.807, 2.05) is 0 Å². The van der Waals surface area contributed by atoms with Gasteiger partial charge < -0.3 is 0 Å². The van der Waals surface area contributed by atoms with Gasteiger partial charge in [-0.2, -0.15) is 21.6 Å². The van der Waals surface area contributed by atoms with Gasteiger partial charge in [0.05, 0.1) is 22.0 Å². The quantitative estimate of drug-likeness (QED) is 0.586. The number of alkyl halides is 3. The summed E-state index contributed by atoms with van der Waals surface area (Å²) in [6, 6.07) is 8.16. The summed E-state index contributed by atoms with van der Waals surface area (Å²) in [6.07, 6.45) is -4.72. The summed E-state index contributed by atoms with van der Waals surface area (Å²) in [5, 5.41) is -0.668. The summed E-state index contributed by atoms with van der Waals surface area (Å²) in [4.78, 5) is 16.5. The van der Waals surface area contributed by atoms with E-state index in [0.717, 1.165) is 22.8 Å². The molecule has 0 atom stereocenters. The molecule has 0 fully saturated rings. The van der Waals surface area contributed by atoms with Gasteiger partial charge in [-0.3, -0.25) is 13.9 Å². The first-order valence-electron chi connectivity index (χ1n) is 8.36. The average molecular weight is 459 g/mol. The minimum absolute atomic E-state index is 0.0139. The summed E-state index contributed by atoms with van der Waals surface area (Å²) < 4.78 is 73.2. The first-order valence-corrected chi connectivity index (χ1v) is 10.2. The van der Waals surface area contributed by atoms with Gasteiger partial charge in [-0.05, 0) is 38.1 Å². The monoisotopic (exact) mass is 458 g/mol. The summed E-state index contributed by atoms with van der Waals surface area (Å²) in [5.41, 5.74) is -1.53. The Morgan fingerprint density at radius 2 is 1.77 bits per heavy atom. The molecule has 30 heavy (non-hydrogen) atoms. The van der Waals surface area contributed by atoms with E-state index < -0.39 is 37.3 Å². The highest BCUT2D eigenvalue weighted by atomic mass is 35.5. The van der Waals surface area contributed by atoms with Gasteiger partial charge >= 0.3 is 6.18 Å². The fraction of sp³-hybridized carbons (Fsp3) is 0.158. The number of rotatable bonds is 3. The smallest absolute Gasteiger partial charge is 0.282 e. The summed E-state index contributed by atoms with van der Waals surface area (Å²) >= 11 is 5.91. The summed E-state index contributed by atoms with van der Waals surface area (Å²) in [5.74, 6) is -0.0264. The second kappa shape index (κ2) is 7.53. The van der Waals surface area contributed by atoms with Gasteiger partial charge in [0.2, 0.25) is 0 Å². The molecule has 0 aliphatic carbocycles. The van der Waals surface area contributed by atoms with E-state index in [0.29, 0.717) is 5.56 Å². The van der Waals surface area contributed by atoms with E-state index in [2.05, 4.69) is 4.98 Å². The van der Waals surface area contributed by atoms with Crippen LogP contribution in [0, 0.1) is 13.8 Å². The van der Waals surface area contributed by atoms with E-state index in [9.17, 15) is 30.9 Å². The second-order valence-corrected chi connectivity index (χ2v) is 8.24. The predicted octanol–water partition coefficient (Wildman–Crippen LogP) is 4.44. The van der Waals surface area contributed by atoms with Gasteiger partial charge in [0.25, 0.3) is 15.7 Å². The molecule has 3 rings (SSSR count). The molecule has 0 aliphatic heterocycles. The van der Waals surface area contributed by atoms with Crippen LogP contribution in [0.15, 0.2) is 52.2 Å². The molecule has 0 bridgehead atoms. The molecule has 0 aliphatic rings. The highest BCUT2D eigenvalue weighted by Crippen LogP contribution is 2.37. The van der Waals surface area contributed by atoms with E-state index in [-0.39, 0.29) is 22.8 Å². The topological polar surface area (TPSA) is 89.3 Å². The lowest BCUT2D eigenvalue weighted by molar-refractivity contribution is -0.137. The third-order valence-corrected chi connectivity index (χ3v) is 5.61. The fourth-order valence-electron chi connectivity index (χ4n) is 3.01. The molecule has 0 amide bonds. The number of hydrogen-bond acceptors (Lipinski definition) is 4. The van der Waals surface area contributed by atoms with Crippen LogP contribution in [0.4, 0.5) is 13.2 Å². The molecule has 1 heterocycles. The van der Waals surface area contributed by atoms with Crippen molar-refractivity contribution in [1.29, 1.82) is 0 Å². The molecule has 0 saturated heterocycles. The van der Waals surface area contributed by atoms with Gasteiger partial charge in [0.15, 0.2) is 0 Å². The molecule has 0 unspecified atom stereocenters. The molecule has 1 aromatic heterocycles. The van der Waals surface area contributed by atoms with Crippen molar-refractivity contribution in [3.05, 3.63) is 74.8 Å². The zero-order valence-corrected chi connectivity index (χ0v) is 17.1. The first kappa shape index (κ1) is 22.0. The Kier molecular flexibility index (Phi) is 5.52. The SMILES string of the molecule is Cc1ccc(S(=O)(=O)O)c(-c2cc(=O)n(-c3cccc(C(F)(F)F)c3Cl)c(C)n2)c1. The number of nitrogens with zero attached hydrogens (tertiary/aromatic N) is 2. The lowest BCUT2D eigenvalue weighted by Crippen LogP contribution is -2.23. The van der Waals surface area contributed by atoms with Gasteiger partial charge in [0, 0.05) is 11.6 Å². The van der Waals surface area contributed by atoms with E-state index in [4.69, 9.17) is 11.6 Å². The number of aromatic nitrogens is 2. The minimum atomic E-state index is -4.72. The molecule has 0 saturated carbocycles. The molecule has 0 radical (unpaired) electrons. The van der Waals surface area contributed by atoms with Crippen LogP contribution < -0.4 is 5.56 Å². The van der Waals surface area contributed by atoms with Gasteiger partial charge in [0.1, 0.15) is 10.7 Å². The number of hydrogen-bond donors (Lipinski definition) is 1. The molecule has 158 valence electrons. The van der Waals surface area contributed by atoms with Crippen molar-refractivity contribution in [1.82, 2.24) is 9.55 Å². The molecular formula is C19H14ClF3N2O4S. The molecule has 3 aromatic rings. The van der Waals surface area contributed by atoms with E-state index in [1.54, 1.807) is 6.92 Å². The van der Waals surface area contributed by atoms with Crippen molar-refractivity contribution in [2.75, 3.05) is 0 Å². The molecule has 6 nitrogen and oxygen atoms in total. The molecule has 11 heteroatoms. The van der Waals surface area contributed by atoms with Crippen LogP contribution in [0.25, 0.3) is 16.9 Å². The maximum atomic E-state index is 13.2. The van der Waals surface area contributed by atoms with Crippen LogP contribution in [0.3, 0.4) is 0 Å². The number of benzene rings is 2. The van der Waals surface area contributed by atoms with Crippen LogP contribution in [-0.4, -0.2) is 22.5 Å². The highest BCUT2D eigenvalue weighted by Gasteiger charge is 2.34. The number of aryl methyl sites for hydroxylation is 2. The maximum absolute atomic E-state index is 13.2. The molecular weight excluding hydrogens is 445 g/mol. The normalized spacial score (nSPS) is 12.2. The van der Waals surface area contributed by atoms with Crippen molar-refractivity contribution in [2.24, 2.45) is 0 Å². The van der Waals surface area contributed by atoms with Gasteiger partial charge in [-0.1, -0.05) is 29.3 Å². The lowest BCUT2D eigenvalue weighted by Gasteiger charge is -2.16. The average Bonchev–Trinajstić information content (AvgIpc) is 2.60. The largest absolute Gasteiger partial charge is 0.417 e. The number of halogens is 4. The maximum Gasteiger partial charge on any atom is 0.417 e.